The smallest absolute Gasteiger partial charge is 0.119 e. The van der Waals surface area contributed by atoms with Gasteiger partial charge in [0.25, 0.3) is 0 Å². The van der Waals surface area contributed by atoms with Gasteiger partial charge in [-0.2, -0.15) is 0 Å². The van der Waals surface area contributed by atoms with Gasteiger partial charge in [-0.3, -0.25) is 0 Å². The van der Waals surface area contributed by atoms with Gasteiger partial charge in [0.1, 0.15) is 5.75 Å². The van der Waals surface area contributed by atoms with E-state index < -0.39 is 0 Å². The molecule has 0 saturated heterocycles. The Morgan fingerprint density at radius 1 is 1.27 bits per heavy atom. The van der Waals surface area contributed by atoms with E-state index >= 15 is 0 Å². The van der Waals surface area contributed by atoms with E-state index in [1.54, 1.807) is 7.11 Å². The maximum Gasteiger partial charge on any atom is 0.119 e. The maximum absolute atomic E-state index is 8.80. The molecular formula is C12H18O3. The standard InChI is InChI=1S/C12H18O3/c1-14-8-3-9-15-12-5-2-4-11(10-12)6-7-13/h2,4-5,10,13H,3,6-9H2,1H3. The fourth-order valence-corrected chi connectivity index (χ4v) is 1.31. The number of benzene rings is 1. The van der Waals surface area contributed by atoms with Gasteiger partial charge in [-0.15, -0.1) is 0 Å². The molecular weight excluding hydrogens is 192 g/mol. The van der Waals surface area contributed by atoms with E-state index in [2.05, 4.69) is 0 Å². The Morgan fingerprint density at radius 2 is 2.13 bits per heavy atom. The predicted molar refractivity (Wildman–Crippen MR) is 59.2 cm³/mol. The van der Waals surface area contributed by atoms with Crippen LogP contribution in [0.15, 0.2) is 24.3 Å². The Hall–Kier alpha value is -1.06. The summed E-state index contributed by atoms with van der Waals surface area (Å²) in [5.41, 5.74) is 1.10. The van der Waals surface area contributed by atoms with Crippen LogP contribution in [-0.2, 0) is 11.2 Å². The second-order valence-electron chi connectivity index (χ2n) is 3.32. The molecule has 0 unspecified atom stereocenters. The SMILES string of the molecule is COCCCOc1cccc(CCO)c1. The second kappa shape index (κ2) is 7.26. The fraction of sp³-hybridized carbons (Fsp3) is 0.500. The van der Waals surface area contributed by atoms with Crippen molar-refractivity contribution in [2.75, 3.05) is 26.9 Å². The van der Waals surface area contributed by atoms with Crippen LogP contribution >= 0.6 is 0 Å². The fourth-order valence-electron chi connectivity index (χ4n) is 1.31. The third kappa shape index (κ3) is 4.81. The summed E-state index contributed by atoms with van der Waals surface area (Å²) < 4.78 is 10.5. The summed E-state index contributed by atoms with van der Waals surface area (Å²) in [6.07, 6.45) is 1.57. The molecule has 0 fully saturated rings. The molecule has 0 heterocycles. The molecule has 0 radical (unpaired) electrons. The third-order valence-corrected chi connectivity index (χ3v) is 2.06. The van der Waals surface area contributed by atoms with E-state index in [1.807, 2.05) is 24.3 Å². The lowest BCUT2D eigenvalue weighted by Crippen LogP contribution is -2.01. The highest BCUT2D eigenvalue weighted by molar-refractivity contribution is 5.28. The van der Waals surface area contributed by atoms with Crippen LogP contribution in [0.1, 0.15) is 12.0 Å². The molecule has 1 N–H and O–H groups in total. The Bertz CT molecular complexity index is 273. The molecule has 0 bridgehead atoms. The van der Waals surface area contributed by atoms with Crippen molar-refractivity contribution in [3.05, 3.63) is 29.8 Å². The van der Waals surface area contributed by atoms with Crippen LogP contribution in [0.5, 0.6) is 5.75 Å². The molecule has 0 saturated carbocycles. The van der Waals surface area contributed by atoms with Crippen LogP contribution in [-0.4, -0.2) is 32.0 Å². The number of rotatable bonds is 7. The van der Waals surface area contributed by atoms with Gasteiger partial charge in [-0.25, -0.2) is 0 Å². The first kappa shape index (κ1) is 12.0. The molecule has 0 aliphatic carbocycles. The molecule has 0 atom stereocenters. The normalized spacial score (nSPS) is 10.3. The average molecular weight is 210 g/mol. The van der Waals surface area contributed by atoms with Crippen LogP contribution < -0.4 is 4.74 Å². The van der Waals surface area contributed by atoms with Crippen molar-refractivity contribution in [1.82, 2.24) is 0 Å². The van der Waals surface area contributed by atoms with Crippen molar-refractivity contribution >= 4 is 0 Å². The van der Waals surface area contributed by atoms with Gasteiger partial charge in [0.05, 0.1) is 6.61 Å². The van der Waals surface area contributed by atoms with Crippen molar-refractivity contribution in [2.45, 2.75) is 12.8 Å². The third-order valence-electron chi connectivity index (χ3n) is 2.06. The molecule has 1 aromatic carbocycles. The Balaban J connectivity index is 2.36. The zero-order chi connectivity index (χ0) is 10.9. The lowest BCUT2D eigenvalue weighted by molar-refractivity contribution is 0.172. The Morgan fingerprint density at radius 3 is 2.87 bits per heavy atom. The molecule has 0 spiro atoms. The molecule has 84 valence electrons. The molecule has 0 aromatic heterocycles. The van der Waals surface area contributed by atoms with Crippen molar-refractivity contribution in [3.63, 3.8) is 0 Å². The highest BCUT2D eigenvalue weighted by Gasteiger charge is 1.96. The summed E-state index contributed by atoms with van der Waals surface area (Å²) in [7, 11) is 1.68. The molecule has 0 aliphatic rings. The van der Waals surface area contributed by atoms with Crippen LogP contribution in [0.25, 0.3) is 0 Å². The van der Waals surface area contributed by atoms with E-state index in [0.29, 0.717) is 13.0 Å². The van der Waals surface area contributed by atoms with E-state index in [1.165, 1.54) is 0 Å². The second-order valence-corrected chi connectivity index (χ2v) is 3.32. The van der Waals surface area contributed by atoms with Crippen LogP contribution in [0.3, 0.4) is 0 Å². The topological polar surface area (TPSA) is 38.7 Å². The van der Waals surface area contributed by atoms with Crippen molar-refractivity contribution in [1.29, 1.82) is 0 Å². The van der Waals surface area contributed by atoms with Crippen molar-refractivity contribution in [2.24, 2.45) is 0 Å². The average Bonchev–Trinajstić information content (AvgIpc) is 2.26. The molecule has 15 heavy (non-hydrogen) atoms. The van der Waals surface area contributed by atoms with Gasteiger partial charge in [0.2, 0.25) is 0 Å². The molecule has 1 aromatic rings. The van der Waals surface area contributed by atoms with Gasteiger partial charge in [0, 0.05) is 26.7 Å². The first-order valence-electron chi connectivity index (χ1n) is 5.18. The summed E-state index contributed by atoms with van der Waals surface area (Å²) in [6.45, 7) is 1.56. The summed E-state index contributed by atoms with van der Waals surface area (Å²) in [5, 5.41) is 8.80. The highest BCUT2D eigenvalue weighted by Crippen LogP contribution is 2.13. The number of aliphatic hydroxyl groups is 1. The summed E-state index contributed by atoms with van der Waals surface area (Å²) >= 11 is 0. The first-order chi connectivity index (χ1) is 7.36. The number of ether oxygens (including phenoxy) is 2. The van der Waals surface area contributed by atoms with E-state index in [9.17, 15) is 0 Å². The monoisotopic (exact) mass is 210 g/mol. The highest BCUT2D eigenvalue weighted by atomic mass is 16.5. The van der Waals surface area contributed by atoms with Gasteiger partial charge < -0.3 is 14.6 Å². The zero-order valence-electron chi connectivity index (χ0n) is 9.11. The zero-order valence-corrected chi connectivity index (χ0v) is 9.11. The van der Waals surface area contributed by atoms with E-state index in [0.717, 1.165) is 24.3 Å². The van der Waals surface area contributed by atoms with Gasteiger partial charge in [-0.05, 0) is 24.1 Å². The van der Waals surface area contributed by atoms with Crippen LogP contribution in [0.2, 0.25) is 0 Å². The number of hydrogen-bond acceptors (Lipinski definition) is 3. The van der Waals surface area contributed by atoms with E-state index in [-0.39, 0.29) is 6.61 Å². The lowest BCUT2D eigenvalue weighted by Gasteiger charge is -2.07. The number of methoxy groups -OCH3 is 1. The number of aliphatic hydroxyl groups excluding tert-OH is 1. The molecule has 0 aliphatic heterocycles. The lowest BCUT2D eigenvalue weighted by atomic mass is 10.1. The van der Waals surface area contributed by atoms with Gasteiger partial charge in [-0.1, -0.05) is 12.1 Å². The largest absolute Gasteiger partial charge is 0.493 e. The predicted octanol–water partition coefficient (Wildman–Crippen LogP) is 1.64. The number of hydrogen-bond donors (Lipinski definition) is 1. The van der Waals surface area contributed by atoms with Crippen molar-refractivity contribution in [3.8, 4) is 5.75 Å². The molecule has 3 heteroatoms. The minimum Gasteiger partial charge on any atom is -0.493 e. The Kier molecular flexibility index (Phi) is 5.81. The minimum absolute atomic E-state index is 0.174. The Labute approximate surface area is 90.6 Å². The van der Waals surface area contributed by atoms with Crippen LogP contribution in [0, 0.1) is 0 Å². The maximum atomic E-state index is 8.80. The molecule has 3 nitrogen and oxygen atoms in total. The van der Waals surface area contributed by atoms with Gasteiger partial charge >= 0.3 is 0 Å². The summed E-state index contributed by atoms with van der Waals surface area (Å²) in [6, 6.07) is 7.81. The summed E-state index contributed by atoms with van der Waals surface area (Å²) in [4.78, 5) is 0. The van der Waals surface area contributed by atoms with Crippen LogP contribution in [0.4, 0.5) is 0 Å². The minimum atomic E-state index is 0.174. The molecule has 1 rings (SSSR count). The van der Waals surface area contributed by atoms with Crippen molar-refractivity contribution < 1.29 is 14.6 Å². The van der Waals surface area contributed by atoms with Gasteiger partial charge in [0.15, 0.2) is 0 Å². The summed E-state index contributed by atoms with van der Waals surface area (Å²) in [5.74, 6) is 0.858. The quantitative estimate of drug-likeness (QED) is 0.695. The first-order valence-corrected chi connectivity index (χ1v) is 5.18. The molecule has 0 amide bonds. The van der Waals surface area contributed by atoms with E-state index in [4.69, 9.17) is 14.6 Å².